The highest BCUT2D eigenvalue weighted by Crippen LogP contribution is 2.44. The number of carbonyl (C=O) groups excluding carboxylic acids is 1. The minimum absolute atomic E-state index is 0.0111. The highest BCUT2D eigenvalue weighted by Gasteiger charge is 2.41. The SMILES string of the molecule is CC1(C)CCC(c2ccc(Cl)cc2)=C(CN2CCN(c3ccc(C(=O)NS(=O)(=O)c4cc5c(c([N+](=O)[O-])c4)N[C@H](CN4C[C@@H]6C[C@H]4CO6)CO5)c(Oc4cnc5[nH]ccc5c4)c3)CC2)C1. The molecule has 16 nitrogen and oxygen atoms in total. The third-order valence-corrected chi connectivity index (χ3v) is 14.9. The van der Waals surface area contributed by atoms with E-state index in [9.17, 15) is 23.3 Å². The fourth-order valence-electron chi connectivity index (χ4n) is 9.97. The van der Waals surface area contributed by atoms with Crippen molar-refractivity contribution in [1.29, 1.82) is 0 Å². The van der Waals surface area contributed by atoms with Crippen LogP contribution in [0.25, 0.3) is 16.6 Å². The summed E-state index contributed by atoms with van der Waals surface area (Å²) in [7, 11) is -4.66. The lowest BCUT2D eigenvalue weighted by Crippen LogP contribution is -2.47. The predicted octanol–water partition coefficient (Wildman–Crippen LogP) is 7.47. The number of piperazine rings is 1. The molecule has 2 aromatic heterocycles. The Morgan fingerprint density at radius 2 is 1.88 bits per heavy atom. The Bertz CT molecular complexity index is 2810. The van der Waals surface area contributed by atoms with E-state index in [-0.39, 0.29) is 46.9 Å². The number of aromatic amines is 1. The predicted molar refractivity (Wildman–Crippen MR) is 248 cm³/mol. The van der Waals surface area contributed by atoms with E-state index in [0.29, 0.717) is 43.7 Å². The van der Waals surface area contributed by atoms with Crippen LogP contribution in [0.15, 0.2) is 89.6 Å². The van der Waals surface area contributed by atoms with Crippen molar-refractivity contribution in [1.82, 2.24) is 24.5 Å². The molecule has 1 aliphatic carbocycles. The lowest BCUT2D eigenvalue weighted by Gasteiger charge is -2.39. The maximum atomic E-state index is 14.1. The zero-order valence-corrected chi connectivity index (χ0v) is 37.8. The van der Waals surface area contributed by atoms with Gasteiger partial charge >= 0.3 is 0 Å². The summed E-state index contributed by atoms with van der Waals surface area (Å²) in [6, 6.07) is 19.0. The number of halogens is 1. The van der Waals surface area contributed by atoms with E-state index in [1.165, 1.54) is 35.0 Å². The van der Waals surface area contributed by atoms with Crippen LogP contribution in [0.2, 0.25) is 5.02 Å². The number of nitro groups is 1. The number of nitrogens with zero attached hydrogens (tertiary/aromatic N) is 5. The maximum absolute atomic E-state index is 14.1. The second kappa shape index (κ2) is 17.3. The van der Waals surface area contributed by atoms with Crippen molar-refractivity contribution in [2.45, 2.75) is 62.6 Å². The molecule has 6 heterocycles. The molecule has 0 unspecified atom stereocenters. The van der Waals surface area contributed by atoms with Crippen molar-refractivity contribution in [2.24, 2.45) is 5.41 Å². The topological polar surface area (TPSA) is 184 Å². The van der Waals surface area contributed by atoms with Gasteiger partial charge in [0.1, 0.15) is 23.8 Å². The summed E-state index contributed by atoms with van der Waals surface area (Å²) in [4.78, 5) is 39.8. The van der Waals surface area contributed by atoms with Crippen LogP contribution in [0.4, 0.5) is 17.1 Å². The molecule has 65 heavy (non-hydrogen) atoms. The van der Waals surface area contributed by atoms with E-state index < -0.39 is 31.4 Å². The number of likely N-dealkylation sites (tertiary alicyclic amines) is 1. The Hall–Kier alpha value is -5.72. The second-order valence-corrected chi connectivity index (χ2v) is 20.6. The standard InChI is InChI=1S/C47H51ClN8O8S/c1-47(2)11-9-39(29-3-5-32(48)6-4-29)31(22-47)24-53-13-15-54(16-14-53)34-7-8-40(42(19-34)64-36-17-30-10-12-49-45(30)50-23-36)46(57)52-65(60,61)38-20-41(56(58)59)44-43(21-38)63-27-33(51-44)25-55-26-37-18-35(55)28-62-37/h3-8,10,12,17,19-21,23,33,35,37,51H,9,11,13-16,18,22,24-28H2,1-2H3,(H,49,50)(H,52,57)/t33-,35+,37+/m1/s1. The van der Waals surface area contributed by atoms with Gasteiger partial charge in [0.2, 0.25) is 0 Å². The molecular formula is C47H51ClN8O8S. The average Bonchev–Trinajstić information content (AvgIpc) is 4.05. The minimum atomic E-state index is -4.66. The van der Waals surface area contributed by atoms with Crippen LogP contribution < -0.4 is 24.4 Å². The average molecular weight is 923 g/mol. The number of rotatable bonds is 12. The number of allylic oxidation sites excluding steroid dienone is 1. The van der Waals surface area contributed by atoms with E-state index in [4.69, 9.17) is 25.8 Å². The van der Waals surface area contributed by atoms with Gasteiger partial charge in [0.25, 0.3) is 21.6 Å². The van der Waals surface area contributed by atoms with Gasteiger partial charge in [0, 0.05) is 92.3 Å². The summed E-state index contributed by atoms with van der Waals surface area (Å²) in [5.74, 6) is -0.508. The highest BCUT2D eigenvalue weighted by atomic mass is 35.5. The van der Waals surface area contributed by atoms with Crippen molar-refractivity contribution in [3.05, 3.63) is 111 Å². The van der Waals surface area contributed by atoms with Crippen molar-refractivity contribution < 1.29 is 32.3 Å². The smallest absolute Gasteiger partial charge is 0.297 e. The van der Waals surface area contributed by atoms with Crippen LogP contribution >= 0.6 is 11.6 Å². The Labute approximate surface area is 382 Å². The van der Waals surface area contributed by atoms with E-state index in [0.717, 1.165) is 74.0 Å². The van der Waals surface area contributed by atoms with Crippen LogP contribution in [0.1, 0.15) is 55.5 Å². The van der Waals surface area contributed by atoms with Gasteiger partial charge in [-0.05, 0) is 78.6 Å². The molecule has 3 N–H and O–H groups in total. The number of morpholine rings is 1. The van der Waals surface area contributed by atoms with Gasteiger partial charge in [-0.3, -0.25) is 24.7 Å². The number of carbonyl (C=O) groups is 1. The van der Waals surface area contributed by atoms with Gasteiger partial charge in [0.05, 0.1) is 40.3 Å². The molecule has 3 atom stereocenters. The Morgan fingerprint density at radius 1 is 1.06 bits per heavy atom. The number of nitro benzene ring substituents is 1. The normalized spacial score (nSPS) is 22.1. The number of hydrogen-bond donors (Lipinski definition) is 3. The third kappa shape index (κ3) is 9.12. The fourth-order valence-corrected chi connectivity index (χ4v) is 11.1. The van der Waals surface area contributed by atoms with Crippen LogP contribution in [-0.2, 0) is 14.8 Å². The molecule has 5 aliphatic rings. The lowest BCUT2D eigenvalue weighted by atomic mass is 9.73. The van der Waals surface area contributed by atoms with Crippen LogP contribution in [0, 0.1) is 15.5 Å². The Kier molecular flexibility index (Phi) is 11.5. The van der Waals surface area contributed by atoms with Gasteiger partial charge in [-0.25, -0.2) is 18.1 Å². The van der Waals surface area contributed by atoms with Crippen molar-refractivity contribution in [3.8, 4) is 17.2 Å². The summed E-state index contributed by atoms with van der Waals surface area (Å²) in [6.07, 6.45) is 7.61. The number of fused-ring (bicyclic) bond motifs is 4. The first-order valence-electron chi connectivity index (χ1n) is 22.1. The molecule has 18 heteroatoms. The molecule has 3 aromatic carbocycles. The molecular weight excluding hydrogens is 872 g/mol. The summed E-state index contributed by atoms with van der Waals surface area (Å²) in [5.41, 5.74) is 5.34. The molecule has 4 aliphatic heterocycles. The number of anilines is 2. The van der Waals surface area contributed by atoms with E-state index in [2.05, 4.69) is 60.7 Å². The number of nitrogens with one attached hydrogen (secondary N) is 3. The third-order valence-electron chi connectivity index (χ3n) is 13.4. The Morgan fingerprint density at radius 3 is 2.63 bits per heavy atom. The number of hydrogen-bond acceptors (Lipinski definition) is 13. The number of aromatic nitrogens is 2. The molecule has 1 amide bonds. The first kappa shape index (κ1) is 43.2. The molecule has 0 saturated carbocycles. The van der Waals surface area contributed by atoms with Gasteiger partial charge < -0.3 is 29.4 Å². The van der Waals surface area contributed by atoms with Gasteiger partial charge in [0.15, 0.2) is 11.4 Å². The number of amides is 1. The molecule has 10 rings (SSSR count). The maximum Gasteiger partial charge on any atom is 0.297 e. The monoisotopic (exact) mass is 922 g/mol. The van der Waals surface area contributed by atoms with Crippen molar-refractivity contribution in [3.63, 3.8) is 0 Å². The molecule has 2 bridgehead atoms. The quantitative estimate of drug-likeness (QED) is 0.0828. The van der Waals surface area contributed by atoms with Crippen LogP contribution in [-0.4, -0.2) is 116 Å². The summed E-state index contributed by atoms with van der Waals surface area (Å²) in [6.45, 7) is 10.8. The van der Waals surface area contributed by atoms with E-state index >= 15 is 0 Å². The molecule has 5 aromatic rings. The second-order valence-electron chi connectivity index (χ2n) is 18.5. The number of pyridine rings is 1. The van der Waals surface area contributed by atoms with E-state index in [1.54, 1.807) is 24.4 Å². The summed E-state index contributed by atoms with van der Waals surface area (Å²) in [5, 5.41) is 17.1. The first-order chi connectivity index (χ1) is 31.2. The highest BCUT2D eigenvalue weighted by molar-refractivity contribution is 7.90. The number of sulfonamides is 1. The zero-order chi connectivity index (χ0) is 45.0. The first-order valence-corrected chi connectivity index (χ1v) is 23.9. The molecule has 3 saturated heterocycles. The molecule has 340 valence electrons. The lowest BCUT2D eigenvalue weighted by molar-refractivity contribution is -0.384. The van der Waals surface area contributed by atoms with E-state index in [1.807, 2.05) is 18.2 Å². The summed E-state index contributed by atoms with van der Waals surface area (Å²) >= 11 is 6.24. The Balaban J connectivity index is 0.873. The largest absolute Gasteiger partial charge is 0.489 e. The number of H-pyrrole nitrogens is 1. The van der Waals surface area contributed by atoms with Gasteiger partial charge in [-0.1, -0.05) is 43.2 Å². The molecule has 3 fully saturated rings. The minimum Gasteiger partial charge on any atom is -0.489 e. The molecule has 0 spiro atoms. The molecule has 0 radical (unpaired) electrons. The summed E-state index contributed by atoms with van der Waals surface area (Å²) < 4.78 is 48.0. The van der Waals surface area contributed by atoms with Gasteiger partial charge in [-0.15, -0.1) is 0 Å². The van der Waals surface area contributed by atoms with Gasteiger partial charge in [-0.2, -0.15) is 0 Å². The van der Waals surface area contributed by atoms with Crippen molar-refractivity contribution in [2.75, 3.05) is 69.2 Å². The fraction of sp³-hybridized carbons (Fsp3) is 0.404. The van der Waals surface area contributed by atoms with Crippen molar-refractivity contribution >= 4 is 61.2 Å². The number of benzene rings is 3. The van der Waals surface area contributed by atoms with Crippen LogP contribution in [0.3, 0.4) is 0 Å². The van der Waals surface area contributed by atoms with Crippen LogP contribution in [0.5, 0.6) is 17.2 Å². The zero-order valence-electron chi connectivity index (χ0n) is 36.2. The number of ether oxygens (including phenoxy) is 3.